The molecule has 22 heavy (non-hydrogen) atoms. The van der Waals surface area contributed by atoms with Crippen LogP contribution in [-0.2, 0) is 6.18 Å². The Labute approximate surface area is 124 Å². The zero-order valence-electron chi connectivity index (χ0n) is 11.5. The molecule has 8 heteroatoms. The van der Waals surface area contributed by atoms with Crippen LogP contribution in [0.25, 0.3) is 0 Å². The first-order valence-electron chi connectivity index (χ1n) is 6.92. The smallest absolute Gasteiger partial charge is 0.351 e. The van der Waals surface area contributed by atoms with E-state index in [1.807, 2.05) is 0 Å². The molecule has 4 unspecified atom stereocenters. The van der Waals surface area contributed by atoms with Gasteiger partial charge in [-0.2, -0.15) is 13.2 Å². The van der Waals surface area contributed by atoms with Gasteiger partial charge in [0.15, 0.2) is 6.30 Å². The normalized spacial score (nSPS) is 31.4. The molecule has 0 spiro atoms. The van der Waals surface area contributed by atoms with Crippen molar-refractivity contribution in [2.45, 2.75) is 31.0 Å². The summed E-state index contributed by atoms with van der Waals surface area (Å²) in [5.41, 5.74) is 4.52. The average Bonchev–Trinajstić information content (AvgIpc) is 2.94. The molecule has 0 aliphatic carbocycles. The van der Waals surface area contributed by atoms with Crippen LogP contribution < -0.4 is 11.1 Å². The number of halogens is 4. The summed E-state index contributed by atoms with van der Waals surface area (Å²) < 4.78 is 53.4. The number of urea groups is 1. The summed E-state index contributed by atoms with van der Waals surface area (Å²) in [7, 11) is 0. The van der Waals surface area contributed by atoms with E-state index in [9.17, 15) is 22.4 Å². The first kappa shape index (κ1) is 15.1. The van der Waals surface area contributed by atoms with E-state index in [2.05, 4.69) is 5.32 Å². The SMILES string of the molecule is NC(=O)N1C(F)CC2C(c3ccccc3C(F)(F)F)NCC21. The van der Waals surface area contributed by atoms with Gasteiger partial charge in [-0.05, 0) is 11.6 Å². The van der Waals surface area contributed by atoms with E-state index < -0.39 is 42.1 Å². The predicted octanol–water partition coefficient (Wildman–Crippen LogP) is 2.41. The van der Waals surface area contributed by atoms with Crippen molar-refractivity contribution in [3.05, 3.63) is 35.4 Å². The zero-order valence-corrected chi connectivity index (χ0v) is 11.5. The Morgan fingerprint density at radius 1 is 1.32 bits per heavy atom. The van der Waals surface area contributed by atoms with Gasteiger partial charge in [0.25, 0.3) is 0 Å². The van der Waals surface area contributed by atoms with Crippen LogP contribution in [0, 0.1) is 5.92 Å². The number of nitrogens with zero attached hydrogens (tertiary/aromatic N) is 1. The lowest BCUT2D eigenvalue weighted by atomic mass is 9.88. The van der Waals surface area contributed by atoms with Gasteiger partial charge in [0.05, 0.1) is 11.6 Å². The average molecular weight is 317 g/mol. The van der Waals surface area contributed by atoms with Crippen LogP contribution in [0.4, 0.5) is 22.4 Å². The van der Waals surface area contributed by atoms with Gasteiger partial charge in [0.2, 0.25) is 0 Å². The molecule has 4 nitrogen and oxygen atoms in total. The molecule has 2 aliphatic heterocycles. The molecule has 2 fully saturated rings. The van der Waals surface area contributed by atoms with Gasteiger partial charge in [0, 0.05) is 24.9 Å². The van der Waals surface area contributed by atoms with Crippen molar-refractivity contribution < 1.29 is 22.4 Å². The molecular weight excluding hydrogens is 302 g/mol. The quantitative estimate of drug-likeness (QED) is 0.617. The van der Waals surface area contributed by atoms with E-state index in [-0.39, 0.29) is 18.5 Å². The van der Waals surface area contributed by atoms with Crippen LogP contribution in [0.2, 0.25) is 0 Å². The molecule has 2 amide bonds. The van der Waals surface area contributed by atoms with Gasteiger partial charge in [-0.1, -0.05) is 18.2 Å². The molecule has 120 valence electrons. The molecule has 1 aromatic rings. The molecular formula is C14H15F4N3O. The maximum atomic E-state index is 14.0. The van der Waals surface area contributed by atoms with E-state index in [0.717, 1.165) is 11.0 Å². The maximum Gasteiger partial charge on any atom is 0.416 e. The molecule has 0 aromatic heterocycles. The lowest BCUT2D eigenvalue weighted by molar-refractivity contribution is -0.138. The Hall–Kier alpha value is -1.83. The van der Waals surface area contributed by atoms with Crippen molar-refractivity contribution in [3.8, 4) is 0 Å². The second-order valence-electron chi connectivity index (χ2n) is 5.62. The third kappa shape index (κ3) is 2.31. The number of hydrogen-bond acceptors (Lipinski definition) is 2. The highest BCUT2D eigenvalue weighted by Gasteiger charge is 2.51. The minimum Gasteiger partial charge on any atom is -0.351 e. The molecule has 3 N–H and O–H groups in total. The topological polar surface area (TPSA) is 58.4 Å². The summed E-state index contributed by atoms with van der Waals surface area (Å²) in [5.74, 6) is -0.425. The lowest BCUT2D eigenvalue weighted by Crippen LogP contribution is -2.45. The number of carbonyl (C=O) groups is 1. The Kier molecular flexibility index (Phi) is 3.51. The first-order valence-corrected chi connectivity index (χ1v) is 6.92. The van der Waals surface area contributed by atoms with Crippen molar-refractivity contribution in [3.63, 3.8) is 0 Å². The molecule has 2 aliphatic rings. The number of rotatable bonds is 1. The molecule has 0 saturated carbocycles. The number of nitrogens with one attached hydrogen (secondary N) is 1. The number of hydrogen-bond donors (Lipinski definition) is 2. The molecule has 3 rings (SSSR count). The number of likely N-dealkylation sites (tertiary alicyclic amines) is 1. The fraction of sp³-hybridized carbons (Fsp3) is 0.500. The summed E-state index contributed by atoms with van der Waals surface area (Å²) in [6.45, 7) is 0.227. The number of amides is 2. The van der Waals surface area contributed by atoms with Gasteiger partial charge >= 0.3 is 12.2 Å². The molecule has 2 heterocycles. The van der Waals surface area contributed by atoms with E-state index in [4.69, 9.17) is 5.73 Å². The molecule has 1 aromatic carbocycles. The van der Waals surface area contributed by atoms with Crippen LogP contribution in [-0.4, -0.2) is 29.8 Å². The highest BCUT2D eigenvalue weighted by molar-refractivity contribution is 5.73. The molecule has 0 radical (unpaired) electrons. The van der Waals surface area contributed by atoms with Gasteiger partial charge < -0.3 is 11.1 Å². The zero-order chi connectivity index (χ0) is 16.1. The Morgan fingerprint density at radius 3 is 2.64 bits per heavy atom. The number of fused-ring (bicyclic) bond motifs is 1. The Bertz CT molecular complexity index is 592. The maximum absolute atomic E-state index is 14.0. The van der Waals surface area contributed by atoms with E-state index in [1.165, 1.54) is 18.2 Å². The van der Waals surface area contributed by atoms with Crippen LogP contribution in [0.5, 0.6) is 0 Å². The summed E-state index contributed by atoms with van der Waals surface area (Å²) in [6.07, 6.45) is -6.04. The van der Waals surface area contributed by atoms with Crippen LogP contribution >= 0.6 is 0 Å². The van der Waals surface area contributed by atoms with E-state index in [1.54, 1.807) is 0 Å². The third-order valence-corrected chi connectivity index (χ3v) is 4.45. The summed E-state index contributed by atoms with van der Waals surface area (Å²) >= 11 is 0. The molecule has 4 atom stereocenters. The van der Waals surface area contributed by atoms with Gasteiger partial charge in [-0.25, -0.2) is 9.18 Å². The minimum absolute atomic E-state index is 0.0164. The molecule has 2 saturated heterocycles. The Balaban J connectivity index is 1.95. The lowest BCUT2D eigenvalue weighted by Gasteiger charge is -2.23. The van der Waals surface area contributed by atoms with Crippen molar-refractivity contribution in [1.82, 2.24) is 10.2 Å². The number of alkyl halides is 4. The largest absolute Gasteiger partial charge is 0.416 e. The standard InChI is InChI=1S/C14H15F4N3O/c15-11-5-8-10(21(11)13(19)22)6-20-12(8)7-3-1-2-4-9(7)14(16,17)18/h1-4,8,10-12,20H,5-6H2,(H2,19,22). The van der Waals surface area contributed by atoms with Gasteiger partial charge in [-0.3, -0.25) is 4.90 Å². The number of nitrogens with two attached hydrogens (primary N) is 1. The van der Waals surface area contributed by atoms with Crippen molar-refractivity contribution in [1.29, 1.82) is 0 Å². The minimum atomic E-state index is -4.48. The third-order valence-electron chi connectivity index (χ3n) is 4.45. The first-order chi connectivity index (χ1) is 10.3. The van der Waals surface area contributed by atoms with E-state index in [0.29, 0.717) is 0 Å². The van der Waals surface area contributed by atoms with Gasteiger partial charge in [-0.15, -0.1) is 0 Å². The van der Waals surface area contributed by atoms with Crippen LogP contribution in [0.15, 0.2) is 24.3 Å². The van der Waals surface area contributed by atoms with Crippen molar-refractivity contribution in [2.75, 3.05) is 6.54 Å². The van der Waals surface area contributed by atoms with Crippen LogP contribution in [0.3, 0.4) is 0 Å². The highest BCUT2D eigenvalue weighted by Crippen LogP contribution is 2.45. The summed E-state index contributed by atoms with van der Waals surface area (Å²) in [6, 6.07) is 3.20. The fourth-order valence-corrected chi connectivity index (χ4v) is 3.58. The van der Waals surface area contributed by atoms with Crippen molar-refractivity contribution >= 4 is 6.03 Å². The second kappa shape index (κ2) is 5.12. The second-order valence-corrected chi connectivity index (χ2v) is 5.62. The Morgan fingerprint density at radius 2 is 2.00 bits per heavy atom. The number of primary amides is 1. The van der Waals surface area contributed by atoms with Gasteiger partial charge in [0.1, 0.15) is 0 Å². The highest BCUT2D eigenvalue weighted by atomic mass is 19.4. The van der Waals surface area contributed by atoms with Crippen LogP contribution in [0.1, 0.15) is 23.6 Å². The van der Waals surface area contributed by atoms with E-state index >= 15 is 0 Å². The number of carbonyl (C=O) groups excluding carboxylic acids is 1. The monoisotopic (exact) mass is 317 g/mol. The summed E-state index contributed by atoms with van der Waals surface area (Å²) in [5, 5.41) is 2.98. The number of benzene rings is 1. The molecule has 0 bridgehead atoms. The van der Waals surface area contributed by atoms with Crippen molar-refractivity contribution in [2.24, 2.45) is 11.7 Å². The summed E-state index contributed by atoms with van der Waals surface area (Å²) in [4.78, 5) is 12.2. The fourth-order valence-electron chi connectivity index (χ4n) is 3.58. The predicted molar refractivity (Wildman–Crippen MR) is 70.4 cm³/mol.